The summed E-state index contributed by atoms with van der Waals surface area (Å²) in [7, 11) is 1.16. The molecule has 14 heavy (non-hydrogen) atoms. The van der Waals surface area contributed by atoms with Crippen molar-refractivity contribution >= 4 is 6.16 Å². The molecule has 0 spiro atoms. The maximum Gasteiger partial charge on any atom is 0.510 e. The molecule has 0 heterocycles. The number of alkyl halides is 1. The Hall–Kier alpha value is -0.800. The van der Waals surface area contributed by atoms with Crippen molar-refractivity contribution < 1.29 is 18.7 Å². The first-order valence-corrected chi connectivity index (χ1v) is 5.09. The Morgan fingerprint density at radius 2 is 1.93 bits per heavy atom. The zero-order valence-corrected chi connectivity index (χ0v) is 8.92. The summed E-state index contributed by atoms with van der Waals surface area (Å²) in [5.41, 5.74) is 0. The molecular weight excluding hydrogens is 187 g/mol. The van der Waals surface area contributed by atoms with Gasteiger partial charge in [0.1, 0.15) is 0 Å². The number of hydrogen-bond acceptors (Lipinski definition) is 3. The van der Waals surface area contributed by atoms with Gasteiger partial charge in [0.05, 0.1) is 7.11 Å². The van der Waals surface area contributed by atoms with Crippen LogP contribution in [0.25, 0.3) is 0 Å². The quantitative estimate of drug-likeness (QED) is 0.473. The Morgan fingerprint density at radius 1 is 1.29 bits per heavy atom. The standard InChI is InChI=1S/C10H19FO3/c1-3-4-5-6-7-8-9(11)14-10(12)13-2/h9H,3-8H2,1-2H3. The molecule has 0 aliphatic rings. The van der Waals surface area contributed by atoms with Gasteiger partial charge in [-0.1, -0.05) is 32.6 Å². The van der Waals surface area contributed by atoms with Crippen LogP contribution in [0.15, 0.2) is 0 Å². The molecule has 4 heteroatoms. The van der Waals surface area contributed by atoms with Crippen LogP contribution >= 0.6 is 0 Å². The molecule has 0 fully saturated rings. The number of ether oxygens (including phenoxy) is 2. The molecule has 3 nitrogen and oxygen atoms in total. The van der Waals surface area contributed by atoms with Crippen LogP contribution in [0, 0.1) is 0 Å². The highest BCUT2D eigenvalue weighted by molar-refractivity contribution is 5.59. The molecule has 0 aromatic carbocycles. The third-order valence-electron chi connectivity index (χ3n) is 1.93. The normalized spacial score (nSPS) is 12.2. The summed E-state index contributed by atoms with van der Waals surface area (Å²) in [4.78, 5) is 10.5. The molecule has 0 aliphatic heterocycles. The highest BCUT2D eigenvalue weighted by Gasteiger charge is 2.11. The van der Waals surface area contributed by atoms with Crippen LogP contribution in [-0.4, -0.2) is 19.6 Å². The molecule has 0 aromatic heterocycles. The van der Waals surface area contributed by atoms with E-state index in [1.807, 2.05) is 0 Å². The highest BCUT2D eigenvalue weighted by Crippen LogP contribution is 2.10. The van der Waals surface area contributed by atoms with E-state index in [4.69, 9.17) is 0 Å². The predicted molar refractivity (Wildman–Crippen MR) is 51.8 cm³/mol. The molecule has 0 rings (SSSR count). The van der Waals surface area contributed by atoms with Crippen molar-refractivity contribution in [3.05, 3.63) is 0 Å². The topological polar surface area (TPSA) is 35.5 Å². The Labute approximate surface area is 84.6 Å². The summed E-state index contributed by atoms with van der Waals surface area (Å²) < 4.78 is 21.3. The van der Waals surface area contributed by atoms with Crippen LogP contribution in [-0.2, 0) is 9.47 Å². The summed E-state index contributed by atoms with van der Waals surface area (Å²) in [6.45, 7) is 2.12. The molecule has 1 unspecified atom stereocenters. The van der Waals surface area contributed by atoms with E-state index in [0.29, 0.717) is 0 Å². The first-order chi connectivity index (χ1) is 6.70. The van der Waals surface area contributed by atoms with E-state index < -0.39 is 12.5 Å². The van der Waals surface area contributed by atoms with Crippen molar-refractivity contribution in [1.29, 1.82) is 0 Å². The van der Waals surface area contributed by atoms with Crippen molar-refractivity contribution in [3.63, 3.8) is 0 Å². The predicted octanol–water partition coefficient (Wildman–Crippen LogP) is 3.43. The fourth-order valence-corrected chi connectivity index (χ4v) is 1.12. The smallest absolute Gasteiger partial charge is 0.438 e. The van der Waals surface area contributed by atoms with E-state index in [1.165, 1.54) is 6.42 Å². The van der Waals surface area contributed by atoms with Gasteiger partial charge in [-0.15, -0.1) is 0 Å². The molecule has 0 aromatic rings. The summed E-state index contributed by atoms with van der Waals surface area (Å²) in [6.07, 6.45) is 2.97. The van der Waals surface area contributed by atoms with Gasteiger partial charge in [0.2, 0.25) is 6.36 Å². The summed E-state index contributed by atoms with van der Waals surface area (Å²) >= 11 is 0. The Kier molecular flexibility index (Phi) is 8.28. The first kappa shape index (κ1) is 13.2. The van der Waals surface area contributed by atoms with E-state index in [0.717, 1.165) is 32.8 Å². The Balaban J connectivity index is 3.26. The van der Waals surface area contributed by atoms with Gasteiger partial charge >= 0.3 is 6.16 Å². The zero-order valence-electron chi connectivity index (χ0n) is 8.92. The molecule has 0 saturated carbocycles. The molecule has 84 valence electrons. The second-order valence-corrected chi connectivity index (χ2v) is 3.18. The van der Waals surface area contributed by atoms with Gasteiger partial charge in [-0.2, -0.15) is 0 Å². The first-order valence-electron chi connectivity index (χ1n) is 5.09. The number of methoxy groups -OCH3 is 1. The van der Waals surface area contributed by atoms with Crippen LogP contribution in [0.3, 0.4) is 0 Å². The molecule has 0 amide bonds. The van der Waals surface area contributed by atoms with Crippen molar-refractivity contribution in [2.24, 2.45) is 0 Å². The fraction of sp³-hybridized carbons (Fsp3) is 0.900. The van der Waals surface area contributed by atoms with E-state index in [1.54, 1.807) is 0 Å². The van der Waals surface area contributed by atoms with Crippen molar-refractivity contribution in [1.82, 2.24) is 0 Å². The number of hydrogen-bond donors (Lipinski definition) is 0. The van der Waals surface area contributed by atoms with E-state index in [-0.39, 0.29) is 6.42 Å². The largest absolute Gasteiger partial charge is 0.510 e. The minimum absolute atomic E-state index is 0.263. The van der Waals surface area contributed by atoms with Crippen LogP contribution in [0.1, 0.15) is 45.4 Å². The van der Waals surface area contributed by atoms with Gasteiger partial charge in [-0.05, 0) is 6.42 Å². The maximum absolute atomic E-state index is 12.8. The van der Waals surface area contributed by atoms with Crippen LogP contribution in [0.2, 0.25) is 0 Å². The highest BCUT2D eigenvalue weighted by atomic mass is 19.1. The third-order valence-corrected chi connectivity index (χ3v) is 1.93. The lowest BCUT2D eigenvalue weighted by Gasteiger charge is -2.07. The van der Waals surface area contributed by atoms with Crippen molar-refractivity contribution in [2.45, 2.75) is 51.8 Å². The fourth-order valence-electron chi connectivity index (χ4n) is 1.12. The Morgan fingerprint density at radius 3 is 2.50 bits per heavy atom. The molecule has 0 bridgehead atoms. The SMILES string of the molecule is CCCCCCCC(F)OC(=O)OC. The number of unbranched alkanes of at least 4 members (excludes halogenated alkanes) is 4. The van der Waals surface area contributed by atoms with Gasteiger partial charge in [0, 0.05) is 6.42 Å². The number of carbonyl (C=O) groups is 1. The van der Waals surface area contributed by atoms with Gasteiger partial charge in [0.15, 0.2) is 0 Å². The molecule has 0 saturated heterocycles. The number of halogens is 1. The van der Waals surface area contributed by atoms with Gasteiger partial charge < -0.3 is 9.47 Å². The van der Waals surface area contributed by atoms with E-state index >= 15 is 0 Å². The molecular formula is C10H19FO3. The third kappa shape index (κ3) is 7.83. The second-order valence-electron chi connectivity index (χ2n) is 3.18. The minimum atomic E-state index is -1.52. The van der Waals surface area contributed by atoms with Gasteiger partial charge in [-0.3, -0.25) is 0 Å². The van der Waals surface area contributed by atoms with Gasteiger partial charge in [-0.25, -0.2) is 9.18 Å². The lowest BCUT2D eigenvalue weighted by Crippen LogP contribution is -2.13. The minimum Gasteiger partial charge on any atom is -0.438 e. The van der Waals surface area contributed by atoms with Crippen LogP contribution < -0.4 is 0 Å². The summed E-state index contributed by atoms with van der Waals surface area (Å²) in [5, 5.41) is 0. The Bertz CT molecular complexity index is 150. The lowest BCUT2D eigenvalue weighted by molar-refractivity contribution is -0.0282. The van der Waals surface area contributed by atoms with Gasteiger partial charge in [0.25, 0.3) is 0 Å². The summed E-state index contributed by atoms with van der Waals surface area (Å²) in [5.74, 6) is 0. The molecule has 0 N–H and O–H groups in total. The van der Waals surface area contributed by atoms with Crippen LogP contribution in [0.4, 0.5) is 9.18 Å². The van der Waals surface area contributed by atoms with E-state index in [2.05, 4.69) is 16.4 Å². The van der Waals surface area contributed by atoms with Crippen molar-refractivity contribution in [3.8, 4) is 0 Å². The average molecular weight is 206 g/mol. The molecule has 1 atom stereocenters. The average Bonchev–Trinajstić information content (AvgIpc) is 2.17. The number of rotatable bonds is 7. The number of carbonyl (C=O) groups excluding carboxylic acids is 1. The lowest BCUT2D eigenvalue weighted by atomic mass is 10.1. The second kappa shape index (κ2) is 8.78. The zero-order chi connectivity index (χ0) is 10.8. The monoisotopic (exact) mass is 206 g/mol. The molecule has 0 radical (unpaired) electrons. The molecule has 0 aliphatic carbocycles. The van der Waals surface area contributed by atoms with E-state index in [9.17, 15) is 9.18 Å². The maximum atomic E-state index is 12.8. The summed E-state index contributed by atoms with van der Waals surface area (Å²) in [6, 6.07) is 0. The van der Waals surface area contributed by atoms with Crippen molar-refractivity contribution in [2.75, 3.05) is 7.11 Å². The van der Waals surface area contributed by atoms with Crippen LogP contribution in [0.5, 0.6) is 0 Å².